The van der Waals surface area contributed by atoms with Crippen molar-refractivity contribution in [1.82, 2.24) is 4.98 Å². The number of carboxylic acid groups (broad SMARTS) is 1. The predicted octanol–water partition coefficient (Wildman–Crippen LogP) is 0.590. The summed E-state index contributed by atoms with van der Waals surface area (Å²) in [4.78, 5) is 26.0. The van der Waals surface area contributed by atoms with Crippen molar-refractivity contribution in [2.75, 3.05) is 0 Å². The van der Waals surface area contributed by atoms with E-state index in [1.165, 1.54) is 6.92 Å². The minimum Gasteiger partial charge on any atom is -0.480 e. The summed E-state index contributed by atoms with van der Waals surface area (Å²) >= 11 is 0. The van der Waals surface area contributed by atoms with Crippen molar-refractivity contribution in [3.05, 3.63) is 30.1 Å². The first-order valence-electron chi connectivity index (χ1n) is 4.89. The standard InChI is InChI=1S/C11H14N2O3/c1-11(9(12)14,10(15)16)5-4-8-3-2-6-13-7-8/h2-3,6-7H,4-5H2,1H3,(H2,12,14)(H,15,16). The van der Waals surface area contributed by atoms with E-state index in [1.807, 2.05) is 6.07 Å². The zero-order valence-electron chi connectivity index (χ0n) is 9.01. The lowest BCUT2D eigenvalue weighted by Gasteiger charge is -2.20. The number of aromatic nitrogens is 1. The number of amides is 1. The van der Waals surface area contributed by atoms with Crippen LogP contribution >= 0.6 is 0 Å². The van der Waals surface area contributed by atoms with Crippen molar-refractivity contribution in [3.8, 4) is 0 Å². The monoisotopic (exact) mass is 222 g/mol. The summed E-state index contributed by atoms with van der Waals surface area (Å²) in [6.45, 7) is 1.34. The lowest BCUT2D eigenvalue weighted by Crippen LogP contribution is -2.41. The van der Waals surface area contributed by atoms with Crippen molar-refractivity contribution >= 4 is 11.9 Å². The van der Waals surface area contributed by atoms with Crippen molar-refractivity contribution in [2.24, 2.45) is 11.1 Å². The predicted molar refractivity (Wildman–Crippen MR) is 57.5 cm³/mol. The lowest BCUT2D eigenvalue weighted by molar-refractivity contribution is -0.153. The summed E-state index contributed by atoms with van der Waals surface area (Å²) in [7, 11) is 0. The van der Waals surface area contributed by atoms with Crippen molar-refractivity contribution in [1.29, 1.82) is 0 Å². The highest BCUT2D eigenvalue weighted by atomic mass is 16.4. The van der Waals surface area contributed by atoms with Crippen LogP contribution in [0.15, 0.2) is 24.5 Å². The number of pyridine rings is 1. The molecule has 1 atom stereocenters. The second-order valence-electron chi connectivity index (χ2n) is 3.86. The third kappa shape index (κ3) is 2.56. The minimum atomic E-state index is -1.52. The molecule has 0 fully saturated rings. The van der Waals surface area contributed by atoms with Crippen molar-refractivity contribution in [3.63, 3.8) is 0 Å². The summed E-state index contributed by atoms with van der Waals surface area (Å²) in [5.41, 5.74) is 4.47. The molecule has 1 rings (SSSR count). The van der Waals surface area contributed by atoms with Crippen molar-refractivity contribution < 1.29 is 14.7 Å². The van der Waals surface area contributed by atoms with Gasteiger partial charge in [-0.1, -0.05) is 6.07 Å². The van der Waals surface area contributed by atoms with Crippen LogP contribution in [0.3, 0.4) is 0 Å². The summed E-state index contributed by atoms with van der Waals surface area (Å²) in [6.07, 6.45) is 3.90. The zero-order valence-corrected chi connectivity index (χ0v) is 9.01. The van der Waals surface area contributed by atoms with Gasteiger partial charge in [0.25, 0.3) is 0 Å². The van der Waals surface area contributed by atoms with Gasteiger partial charge in [0.05, 0.1) is 0 Å². The fourth-order valence-corrected chi connectivity index (χ4v) is 1.28. The molecule has 0 saturated carbocycles. The van der Waals surface area contributed by atoms with Crippen LogP contribution in [0, 0.1) is 5.41 Å². The largest absolute Gasteiger partial charge is 0.480 e. The topological polar surface area (TPSA) is 93.3 Å². The van der Waals surface area contributed by atoms with Crippen LogP contribution in [0.4, 0.5) is 0 Å². The highest BCUT2D eigenvalue weighted by Gasteiger charge is 2.38. The normalized spacial score (nSPS) is 14.1. The van der Waals surface area contributed by atoms with Crippen LogP contribution < -0.4 is 5.73 Å². The van der Waals surface area contributed by atoms with Gasteiger partial charge in [-0.2, -0.15) is 0 Å². The Labute approximate surface area is 93.3 Å². The summed E-state index contributed by atoms with van der Waals surface area (Å²) in [5.74, 6) is -2.01. The van der Waals surface area contributed by atoms with Crippen LogP contribution in [-0.4, -0.2) is 22.0 Å². The average Bonchev–Trinajstić information content (AvgIpc) is 2.26. The fraction of sp³-hybridized carbons (Fsp3) is 0.364. The Morgan fingerprint density at radius 3 is 2.69 bits per heavy atom. The maximum atomic E-state index is 11.1. The van der Waals surface area contributed by atoms with Crippen LogP contribution in [0.5, 0.6) is 0 Å². The number of aryl methyl sites for hydroxylation is 1. The van der Waals surface area contributed by atoms with E-state index in [1.54, 1.807) is 18.5 Å². The molecule has 3 N–H and O–H groups in total. The highest BCUT2D eigenvalue weighted by Crippen LogP contribution is 2.23. The van der Waals surface area contributed by atoms with Gasteiger partial charge >= 0.3 is 5.97 Å². The molecule has 1 amide bonds. The molecule has 0 aliphatic heterocycles. The Morgan fingerprint density at radius 1 is 1.56 bits per heavy atom. The van der Waals surface area contributed by atoms with E-state index in [0.29, 0.717) is 6.42 Å². The number of hydrogen-bond acceptors (Lipinski definition) is 3. The molecule has 0 spiro atoms. The molecule has 0 aliphatic carbocycles. The fourth-order valence-electron chi connectivity index (χ4n) is 1.28. The Morgan fingerprint density at radius 2 is 2.25 bits per heavy atom. The zero-order chi connectivity index (χ0) is 12.2. The SMILES string of the molecule is CC(CCc1cccnc1)(C(N)=O)C(=O)O. The molecule has 0 aromatic carbocycles. The lowest BCUT2D eigenvalue weighted by atomic mass is 9.83. The molecule has 1 aromatic rings. The van der Waals surface area contributed by atoms with Crippen LogP contribution in [0.2, 0.25) is 0 Å². The van der Waals surface area contributed by atoms with E-state index in [2.05, 4.69) is 4.98 Å². The maximum Gasteiger partial charge on any atom is 0.318 e. The second-order valence-corrected chi connectivity index (χ2v) is 3.86. The first kappa shape index (κ1) is 12.2. The molecule has 1 unspecified atom stereocenters. The summed E-state index contributed by atoms with van der Waals surface area (Å²) in [5, 5.41) is 8.96. The molecule has 0 saturated heterocycles. The van der Waals surface area contributed by atoms with Gasteiger partial charge in [-0.05, 0) is 31.4 Å². The van der Waals surface area contributed by atoms with E-state index >= 15 is 0 Å². The quantitative estimate of drug-likeness (QED) is 0.713. The third-order valence-corrected chi connectivity index (χ3v) is 2.65. The first-order valence-corrected chi connectivity index (χ1v) is 4.89. The van der Waals surface area contributed by atoms with Gasteiger partial charge in [0.15, 0.2) is 0 Å². The summed E-state index contributed by atoms with van der Waals surface area (Å²) < 4.78 is 0. The van der Waals surface area contributed by atoms with Crippen LogP contribution in [0.25, 0.3) is 0 Å². The molecule has 0 bridgehead atoms. The minimum absolute atomic E-state index is 0.170. The van der Waals surface area contributed by atoms with Gasteiger partial charge in [-0.15, -0.1) is 0 Å². The molecule has 86 valence electrons. The summed E-state index contributed by atoms with van der Waals surface area (Å²) in [6, 6.07) is 3.59. The smallest absolute Gasteiger partial charge is 0.318 e. The number of nitrogens with two attached hydrogens (primary N) is 1. The number of carbonyl (C=O) groups is 2. The molecule has 1 aromatic heterocycles. The van der Waals surface area contributed by atoms with Gasteiger partial charge < -0.3 is 10.8 Å². The van der Waals surface area contributed by atoms with E-state index in [9.17, 15) is 9.59 Å². The number of carbonyl (C=O) groups excluding carboxylic acids is 1. The van der Waals surface area contributed by atoms with E-state index in [4.69, 9.17) is 10.8 Å². The molecule has 16 heavy (non-hydrogen) atoms. The molecule has 5 nitrogen and oxygen atoms in total. The Hall–Kier alpha value is -1.91. The molecule has 0 radical (unpaired) electrons. The van der Waals surface area contributed by atoms with Gasteiger partial charge in [0, 0.05) is 12.4 Å². The van der Waals surface area contributed by atoms with Crippen LogP contribution in [0.1, 0.15) is 18.9 Å². The first-order chi connectivity index (χ1) is 7.47. The Balaban J connectivity index is 2.72. The van der Waals surface area contributed by atoms with Crippen molar-refractivity contribution in [2.45, 2.75) is 19.8 Å². The van der Waals surface area contributed by atoms with Gasteiger partial charge in [-0.25, -0.2) is 0 Å². The molecular formula is C11H14N2O3. The van der Waals surface area contributed by atoms with Gasteiger partial charge in [0.1, 0.15) is 5.41 Å². The highest BCUT2D eigenvalue weighted by molar-refractivity contribution is 6.00. The Kier molecular flexibility index (Phi) is 3.60. The van der Waals surface area contributed by atoms with Gasteiger partial charge in [-0.3, -0.25) is 14.6 Å². The number of rotatable bonds is 5. The number of hydrogen-bond donors (Lipinski definition) is 2. The van der Waals surface area contributed by atoms with E-state index in [-0.39, 0.29) is 6.42 Å². The number of carboxylic acids is 1. The third-order valence-electron chi connectivity index (χ3n) is 2.65. The van der Waals surface area contributed by atoms with E-state index < -0.39 is 17.3 Å². The molecule has 1 heterocycles. The Bertz CT molecular complexity index is 375. The maximum absolute atomic E-state index is 11.1. The van der Waals surface area contributed by atoms with Crippen LogP contribution in [-0.2, 0) is 16.0 Å². The molecular weight excluding hydrogens is 208 g/mol. The van der Waals surface area contributed by atoms with Gasteiger partial charge in [0.2, 0.25) is 5.91 Å². The molecule has 5 heteroatoms. The number of aliphatic carboxylic acids is 1. The number of primary amides is 1. The second kappa shape index (κ2) is 4.74. The average molecular weight is 222 g/mol. The molecule has 0 aliphatic rings. The van der Waals surface area contributed by atoms with E-state index in [0.717, 1.165) is 5.56 Å². The number of nitrogens with zero attached hydrogens (tertiary/aromatic N) is 1.